The fraction of sp³-hybridized carbons (Fsp3) is 0.0952. The van der Waals surface area contributed by atoms with Crippen LogP contribution in [0.4, 0.5) is 4.39 Å². The van der Waals surface area contributed by atoms with E-state index in [0.29, 0.717) is 27.4 Å². The summed E-state index contributed by atoms with van der Waals surface area (Å²) >= 11 is 6.26. The number of carbonyl (C=O) groups excluding carboxylic acids is 1. The van der Waals surface area contributed by atoms with E-state index in [1.807, 2.05) is 6.07 Å². The summed E-state index contributed by atoms with van der Waals surface area (Å²) in [5, 5.41) is 3.83. The molecular formula is C21H18ClFN4O. The van der Waals surface area contributed by atoms with E-state index >= 15 is 0 Å². The summed E-state index contributed by atoms with van der Waals surface area (Å²) in [7, 11) is 1.53. The Bertz CT molecular complexity index is 1120. The highest BCUT2D eigenvalue weighted by molar-refractivity contribution is 6.35. The zero-order valence-corrected chi connectivity index (χ0v) is 16.1. The van der Waals surface area contributed by atoms with Crippen molar-refractivity contribution in [2.45, 2.75) is 6.92 Å². The molecule has 0 unspecified atom stereocenters. The predicted molar refractivity (Wildman–Crippen MR) is 111 cm³/mol. The third-order valence-electron chi connectivity index (χ3n) is 4.21. The van der Waals surface area contributed by atoms with Crippen molar-refractivity contribution in [1.82, 2.24) is 10.3 Å². The molecule has 0 radical (unpaired) electrons. The summed E-state index contributed by atoms with van der Waals surface area (Å²) in [4.78, 5) is 21.0. The van der Waals surface area contributed by atoms with Crippen LogP contribution in [-0.4, -0.2) is 23.8 Å². The molecule has 3 rings (SSSR count). The van der Waals surface area contributed by atoms with Crippen molar-refractivity contribution in [3.05, 3.63) is 82.3 Å². The first-order valence-electron chi connectivity index (χ1n) is 8.45. The molecule has 0 atom stereocenters. The van der Waals surface area contributed by atoms with Crippen LogP contribution in [0.2, 0.25) is 5.02 Å². The van der Waals surface area contributed by atoms with Crippen molar-refractivity contribution in [3.8, 4) is 0 Å². The molecule has 2 aromatic carbocycles. The van der Waals surface area contributed by atoms with Crippen LogP contribution in [0.3, 0.4) is 0 Å². The first-order valence-corrected chi connectivity index (χ1v) is 8.83. The highest BCUT2D eigenvalue weighted by Crippen LogP contribution is 2.23. The van der Waals surface area contributed by atoms with Gasteiger partial charge in [0.05, 0.1) is 16.1 Å². The topological polar surface area (TPSA) is 80.4 Å². The van der Waals surface area contributed by atoms with Gasteiger partial charge in [-0.2, -0.15) is 0 Å². The molecule has 28 heavy (non-hydrogen) atoms. The zero-order valence-electron chi connectivity index (χ0n) is 15.3. The molecule has 0 aliphatic carbocycles. The Kier molecular flexibility index (Phi) is 5.70. The van der Waals surface area contributed by atoms with Gasteiger partial charge in [0.1, 0.15) is 11.7 Å². The highest BCUT2D eigenvalue weighted by Gasteiger charge is 2.14. The van der Waals surface area contributed by atoms with Gasteiger partial charge in [-0.25, -0.2) is 4.39 Å². The molecule has 0 saturated carbocycles. The molecule has 0 aliphatic rings. The quantitative estimate of drug-likeness (QED) is 0.516. The van der Waals surface area contributed by atoms with Gasteiger partial charge in [-0.1, -0.05) is 17.7 Å². The fourth-order valence-corrected chi connectivity index (χ4v) is 3.04. The maximum absolute atomic E-state index is 13.3. The lowest BCUT2D eigenvalue weighted by atomic mass is 10.1. The number of aryl methyl sites for hydroxylation is 1. The van der Waals surface area contributed by atoms with Gasteiger partial charge >= 0.3 is 0 Å². The Hall–Kier alpha value is -3.25. The third-order valence-corrected chi connectivity index (χ3v) is 4.52. The smallest absolute Gasteiger partial charge is 0.258 e. The lowest BCUT2D eigenvalue weighted by molar-refractivity contribution is 0.0977. The number of hydrogen-bond acceptors (Lipinski definition) is 4. The van der Waals surface area contributed by atoms with Crippen molar-refractivity contribution in [2.24, 2.45) is 10.7 Å². The summed E-state index contributed by atoms with van der Waals surface area (Å²) in [6.07, 6.45) is 3.16. The molecule has 0 aliphatic heterocycles. The molecule has 0 spiro atoms. The number of fused-ring (bicyclic) bond motifs is 1. The molecular weight excluding hydrogens is 379 g/mol. The fourth-order valence-electron chi connectivity index (χ4n) is 2.78. The summed E-state index contributed by atoms with van der Waals surface area (Å²) < 4.78 is 13.3. The van der Waals surface area contributed by atoms with Crippen molar-refractivity contribution >= 4 is 39.9 Å². The molecule has 0 fully saturated rings. The van der Waals surface area contributed by atoms with Gasteiger partial charge in [-0.05, 0) is 48.9 Å². The number of nitrogens with zero attached hydrogens (tertiary/aromatic N) is 2. The van der Waals surface area contributed by atoms with Crippen molar-refractivity contribution < 1.29 is 9.18 Å². The first-order chi connectivity index (χ1) is 13.4. The second-order valence-corrected chi connectivity index (χ2v) is 6.56. The number of amidine groups is 1. The monoisotopic (exact) mass is 396 g/mol. The minimum Gasteiger partial charge on any atom is -0.398 e. The maximum atomic E-state index is 13.3. The minimum atomic E-state index is -0.432. The number of carbonyl (C=O) groups is 1. The molecule has 142 valence electrons. The van der Waals surface area contributed by atoms with E-state index in [1.165, 1.54) is 25.3 Å². The second kappa shape index (κ2) is 8.19. The van der Waals surface area contributed by atoms with Gasteiger partial charge < -0.3 is 11.1 Å². The van der Waals surface area contributed by atoms with E-state index in [4.69, 9.17) is 17.3 Å². The van der Waals surface area contributed by atoms with Gasteiger partial charge in [0.25, 0.3) is 5.91 Å². The molecule has 0 saturated heterocycles. The lowest BCUT2D eigenvalue weighted by Gasteiger charge is -2.10. The van der Waals surface area contributed by atoms with E-state index in [0.717, 1.165) is 5.39 Å². The van der Waals surface area contributed by atoms with Crippen LogP contribution in [0.5, 0.6) is 0 Å². The standard InChI is InChI=1S/C21H18ClFN4O/c1-12-8-14(23)5-6-15(12)18(24)11-20(25-2)27-21(28)16-10-19-13(9-17(16)22)4-3-7-26-19/h3-11H,24H2,1-2H3,(H,25,27,28). The van der Waals surface area contributed by atoms with Crippen LogP contribution < -0.4 is 11.1 Å². The largest absolute Gasteiger partial charge is 0.398 e. The van der Waals surface area contributed by atoms with Gasteiger partial charge in [-0.3, -0.25) is 14.8 Å². The number of rotatable bonds is 3. The summed E-state index contributed by atoms with van der Waals surface area (Å²) in [5.74, 6) is -0.521. The van der Waals surface area contributed by atoms with Crippen molar-refractivity contribution in [1.29, 1.82) is 0 Å². The SMILES string of the molecule is CN=C(C=C(N)c1ccc(F)cc1C)NC(=O)c1cc2ncccc2cc1Cl. The number of pyridine rings is 1. The average Bonchev–Trinajstić information content (AvgIpc) is 2.66. The van der Waals surface area contributed by atoms with Gasteiger partial charge in [0.15, 0.2) is 0 Å². The second-order valence-electron chi connectivity index (χ2n) is 6.15. The Morgan fingerprint density at radius 1 is 1.25 bits per heavy atom. The van der Waals surface area contributed by atoms with Crippen LogP contribution >= 0.6 is 11.6 Å². The van der Waals surface area contributed by atoms with E-state index in [2.05, 4.69) is 15.3 Å². The van der Waals surface area contributed by atoms with Crippen LogP contribution in [0.15, 0.2) is 59.7 Å². The van der Waals surface area contributed by atoms with Crippen LogP contribution in [0.25, 0.3) is 16.6 Å². The summed E-state index contributed by atoms with van der Waals surface area (Å²) in [6, 6.07) is 11.3. The Morgan fingerprint density at radius 2 is 2.04 bits per heavy atom. The van der Waals surface area contributed by atoms with Crippen LogP contribution in [-0.2, 0) is 0 Å². The number of aromatic nitrogens is 1. The normalized spacial score (nSPS) is 12.3. The predicted octanol–water partition coefficient (Wildman–Crippen LogP) is 4.09. The number of benzene rings is 2. The number of halogens is 2. The Labute approximate surface area is 166 Å². The Morgan fingerprint density at radius 3 is 2.75 bits per heavy atom. The first kappa shape index (κ1) is 19.5. The molecule has 1 amide bonds. The summed E-state index contributed by atoms with van der Waals surface area (Å²) in [5.41, 5.74) is 8.73. The van der Waals surface area contributed by atoms with Crippen molar-refractivity contribution in [3.63, 3.8) is 0 Å². The van der Waals surface area contributed by atoms with E-state index < -0.39 is 5.91 Å². The van der Waals surface area contributed by atoms with E-state index in [1.54, 1.807) is 37.4 Å². The Balaban J connectivity index is 1.87. The summed E-state index contributed by atoms with van der Waals surface area (Å²) in [6.45, 7) is 1.75. The van der Waals surface area contributed by atoms with Crippen LogP contribution in [0, 0.1) is 12.7 Å². The third kappa shape index (κ3) is 4.18. The molecule has 3 N–H and O–H groups in total. The molecule has 3 aromatic rings. The number of nitrogens with two attached hydrogens (primary N) is 1. The van der Waals surface area contributed by atoms with E-state index in [9.17, 15) is 9.18 Å². The minimum absolute atomic E-state index is 0.253. The number of amides is 1. The van der Waals surface area contributed by atoms with Gasteiger partial charge in [0.2, 0.25) is 0 Å². The maximum Gasteiger partial charge on any atom is 0.258 e. The molecule has 7 heteroatoms. The van der Waals surface area contributed by atoms with E-state index in [-0.39, 0.29) is 17.2 Å². The molecule has 1 aromatic heterocycles. The molecule has 1 heterocycles. The van der Waals surface area contributed by atoms with Gasteiger partial charge in [-0.15, -0.1) is 0 Å². The van der Waals surface area contributed by atoms with Crippen molar-refractivity contribution in [2.75, 3.05) is 7.05 Å². The number of hydrogen-bond donors (Lipinski definition) is 2. The average molecular weight is 397 g/mol. The van der Waals surface area contributed by atoms with Crippen LogP contribution in [0.1, 0.15) is 21.5 Å². The number of nitrogens with one attached hydrogen (secondary N) is 1. The zero-order chi connectivity index (χ0) is 20.3. The molecule has 5 nitrogen and oxygen atoms in total. The highest BCUT2D eigenvalue weighted by atomic mass is 35.5. The molecule has 0 bridgehead atoms. The van der Waals surface area contributed by atoms with Gasteiger partial charge in [0, 0.05) is 36.0 Å². The number of aliphatic imine (C=N–C) groups is 1. The lowest BCUT2D eigenvalue weighted by Crippen LogP contribution is -2.30.